The van der Waals surface area contributed by atoms with Gasteiger partial charge in [0.05, 0.1) is 0 Å². The summed E-state index contributed by atoms with van der Waals surface area (Å²) in [6.45, 7) is 3.46. The van der Waals surface area contributed by atoms with Gasteiger partial charge in [0, 0.05) is 6.20 Å². The molecule has 0 amide bonds. The van der Waals surface area contributed by atoms with Crippen LogP contribution in [0.2, 0.25) is 0 Å². The number of nitrogens with zero attached hydrogens (tertiary/aromatic N) is 2. The number of hydrogen-bond acceptors (Lipinski definition) is 3. The van der Waals surface area contributed by atoms with Crippen LogP contribution in [0.15, 0.2) is 30.5 Å². The van der Waals surface area contributed by atoms with Gasteiger partial charge in [0.25, 0.3) is 0 Å². The summed E-state index contributed by atoms with van der Waals surface area (Å²) in [5.74, 6) is 0.409. The fourth-order valence-corrected chi connectivity index (χ4v) is 1.54. The molecule has 90 valence electrons. The summed E-state index contributed by atoms with van der Waals surface area (Å²) in [5.41, 5.74) is 1.67. The lowest BCUT2D eigenvalue weighted by Crippen LogP contribution is -1.95. The number of aryl methyl sites for hydroxylation is 2. The Bertz CT molecular complexity index is 632. The highest BCUT2D eigenvalue weighted by molar-refractivity contribution is 5.45. The van der Waals surface area contributed by atoms with E-state index in [-0.39, 0.29) is 11.7 Å². The van der Waals surface area contributed by atoms with Crippen LogP contribution in [-0.2, 0) is 0 Å². The average molecular weight is 242 g/mol. The zero-order valence-electron chi connectivity index (χ0n) is 10.1. The maximum Gasteiger partial charge on any atom is 0.237 e. The Kier molecular flexibility index (Phi) is 3.24. The van der Waals surface area contributed by atoms with Crippen LogP contribution in [0.3, 0.4) is 0 Å². The van der Waals surface area contributed by atoms with E-state index in [1.807, 2.05) is 13.0 Å². The maximum absolute atomic E-state index is 13.1. The highest BCUT2D eigenvalue weighted by atomic mass is 19.1. The van der Waals surface area contributed by atoms with Crippen molar-refractivity contribution >= 4 is 0 Å². The molecule has 0 saturated carbocycles. The topological polar surface area (TPSA) is 45.9 Å². The number of benzene rings is 1. The first-order valence-electron chi connectivity index (χ1n) is 5.41. The number of ether oxygens (including phenoxy) is 1. The van der Waals surface area contributed by atoms with E-state index in [1.165, 1.54) is 12.1 Å². The second-order valence-electron chi connectivity index (χ2n) is 3.93. The minimum absolute atomic E-state index is 0.239. The van der Waals surface area contributed by atoms with Gasteiger partial charge in [0.1, 0.15) is 23.2 Å². The number of nitriles is 1. The van der Waals surface area contributed by atoms with Gasteiger partial charge >= 0.3 is 0 Å². The van der Waals surface area contributed by atoms with Crippen molar-refractivity contribution in [1.29, 1.82) is 5.26 Å². The molecular formula is C14H11FN2O. The molecule has 0 aliphatic rings. The predicted octanol–water partition coefficient (Wildman–Crippen LogP) is 3.50. The first-order chi connectivity index (χ1) is 8.61. The summed E-state index contributed by atoms with van der Waals surface area (Å²) >= 11 is 0. The van der Waals surface area contributed by atoms with Crippen LogP contribution < -0.4 is 4.74 Å². The lowest BCUT2D eigenvalue weighted by molar-refractivity contribution is 0.458. The van der Waals surface area contributed by atoms with E-state index in [0.29, 0.717) is 16.9 Å². The highest BCUT2D eigenvalue weighted by Crippen LogP contribution is 2.25. The second kappa shape index (κ2) is 4.84. The Morgan fingerprint density at radius 3 is 2.67 bits per heavy atom. The van der Waals surface area contributed by atoms with Crippen molar-refractivity contribution < 1.29 is 9.13 Å². The Morgan fingerprint density at radius 1 is 1.22 bits per heavy atom. The molecule has 0 radical (unpaired) electrons. The minimum atomic E-state index is -0.292. The van der Waals surface area contributed by atoms with Gasteiger partial charge in [-0.05, 0) is 49.2 Å². The summed E-state index contributed by atoms with van der Waals surface area (Å²) in [4.78, 5) is 4.02. The summed E-state index contributed by atoms with van der Waals surface area (Å²) < 4.78 is 18.6. The molecule has 18 heavy (non-hydrogen) atoms. The minimum Gasteiger partial charge on any atom is -0.438 e. The molecule has 3 nitrogen and oxygen atoms in total. The van der Waals surface area contributed by atoms with Crippen molar-refractivity contribution in [3.8, 4) is 17.7 Å². The van der Waals surface area contributed by atoms with E-state index in [1.54, 1.807) is 25.3 Å². The maximum atomic E-state index is 13.1. The van der Waals surface area contributed by atoms with Crippen molar-refractivity contribution in [1.82, 2.24) is 4.98 Å². The molecule has 1 aromatic carbocycles. The zero-order chi connectivity index (χ0) is 13.1. The van der Waals surface area contributed by atoms with Crippen molar-refractivity contribution in [2.45, 2.75) is 13.8 Å². The third kappa shape index (κ3) is 2.30. The molecule has 4 heteroatoms. The molecule has 0 aliphatic carbocycles. The molecule has 0 atom stereocenters. The molecule has 0 N–H and O–H groups in total. The number of aromatic nitrogens is 1. The van der Waals surface area contributed by atoms with E-state index in [2.05, 4.69) is 4.98 Å². The number of pyridine rings is 1. The Morgan fingerprint density at radius 2 is 2.00 bits per heavy atom. The fraction of sp³-hybridized carbons (Fsp3) is 0.143. The van der Waals surface area contributed by atoms with Gasteiger partial charge in [-0.3, -0.25) is 0 Å². The van der Waals surface area contributed by atoms with Gasteiger partial charge in [-0.25, -0.2) is 9.37 Å². The van der Waals surface area contributed by atoms with Crippen LogP contribution in [0.1, 0.15) is 16.7 Å². The van der Waals surface area contributed by atoms with E-state index in [0.717, 1.165) is 5.56 Å². The number of rotatable bonds is 2. The van der Waals surface area contributed by atoms with Gasteiger partial charge in [-0.1, -0.05) is 0 Å². The Hall–Kier alpha value is -2.41. The zero-order valence-corrected chi connectivity index (χ0v) is 10.1. The van der Waals surface area contributed by atoms with Crippen LogP contribution in [0.4, 0.5) is 4.39 Å². The molecule has 0 bridgehead atoms. The molecule has 0 saturated heterocycles. The Labute approximate surface area is 104 Å². The standard InChI is InChI=1S/C14H11FN2O/c1-9-5-6-17-14(12(9)8-16)18-11-3-4-13(15)10(2)7-11/h3-7H,1-2H3. The number of halogens is 1. The van der Waals surface area contributed by atoms with Crippen molar-refractivity contribution in [3.63, 3.8) is 0 Å². The molecule has 2 aromatic rings. The lowest BCUT2D eigenvalue weighted by Gasteiger charge is -2.08. The van der Waals surface area contributed by atoms with Crippen LogP contribution in [0.5, 0.6) is 11.6 Å². The van der Waals surface area contributed by atoms with Crippen LogP contribution >= 0.6 is 0 Å². The molecule has 0 fully saturated rings. The summed E-state index contributed by atoms with van der Waals surface area (Å²) in [6, 6.07) is 8.19. The molecule has 1 aromatic heterocycles. The molecule has 2 rings (SSSR count). The second-order valence-corrected chi connectivity index (χ2v) is 3.93. The third-order valence-corrected chi connectivity index (χ3v) is 2.58. The smallest absolute Gasteiger partial charge is 0.237 e. The largest absolute Gasteiger partial charge is 0.438 e. The van der Waals surface area contributed by atoms with Crippen LogP contribution in [-0.4, -0.2) is 4.98 Å². The monoisotopic (exact) mass is 242 g/mol. The summed E-state index contributed by atoms with van der Waals surface area (Å²) in [7, 11) is 0. The van der Waals surface area contributed by atoms with Crippen molar-refractivity contribution in [2.24, 2.45) is 0 Å². The first kappa shape index (κ1) is 12.1. The number of hydrogen-bond donors (Lipinski definition) is 0. The van der Waals surface area contributed by atoms with E-state index >= 15 is 0 Å². The first-order valence-corrected chi connectivity index (χ1v) is 5.41. The molecule has 0 aliphatic heterocycles. The third-order valence-electron chi connectivity index (χ3n) is 2.58. The van der Waals surface area contributed by atoms with Crippen LogP contribution in [0, 0.1) is 31.0 Å². The molecule has 0 unspecified atom stereocenters. The van der Waals surface area contributed by atoms with Gasteiger partial charge in [0.15, 0.2) is 0 Å². The lowest BCUT2D eigenvalue weighted by atomic mass is 10.2. The van der Waals surface area contributed by atoms with Gasteiger partial charge in [-0.2, -0.15) is 5.26 Å². The average Bonchev–Trinajstić information content (AvgIpc) is 2.34. The van der Waals surface area contributed by atoms with E-state index in [4.69, 9.17) is 10.00 Å². The normalized spacial score (nSPS) is 9.89. The van der Waals surface area contributed by atoms with E-state index in [9.17, 15) is 4.39 Å². The highest BCUT2D eigenvalue weighted by Gasteiger charge is 2.09. The van der Waals surface area contributed by atoms with Crippen molar-refractivity contribution in [3.05, 3.63) is 53.0 Å². The summed E-state index contributed by atoms with van der Waals surface area (Å²) in [6.07, 6.45) is 1.57. The van der Waals surface area contributed by atoms with Gasteiger partial charge < -0.3 is 4.74 Å². The predicted molar refractivity (Wildman–Crippen MR) is 64.9 cm³/mol. The van der Waals surface area contributed by atoms with Gasteiger partial charge in [0.2, 0.25) is 5.88 Å². The van der Waals surface area contributed by atoms with Crippen molar-refractivity contribution in [2.75, 3.05) is 0 Å². The summed E-state index contributed by atoms with van der Waals surface area (Å²) in [5, 5.41) is 9.05. The quantitative estimate of drug-likeness (QED) is 0.809. The Balaban J connectivity index is 2.37. The van der Waals surface area contributed by atoms with Gasteiger partial charge in [-0.15, -0.1) is 0 Å². The van der Waals surface area contributed by atoms with Crippen LogP contribution in [0.25, 0.3) is 0 Å². The fourth-order valence-electron chi connectivity index (χ4n) is 1.54. The van der Waals surface area contributed by atoms with E-state index < -0.39 is 0 Å². The molecular weight excluding hydrogens is 231 g/mol. The molecule has 1 heterocycles. The molecule has 0 spiro atoms. The SMILES string of the molecule is Cc1cc(Oc2nccc(C)c2C#N)ccc1F.